The smallest absolute Gasteiger partial charge is 0.273 e. The van der Waals surface area contributed by atoms with Gasteiger partial charge < -0.3 is 9.05 Å². The third-order valence-electron chi connectivity index (χ3n) is 4.29. The predicted octanol–water partition coefficient (Wildman–Crippen LogP) is 4.31. The van der Waals surface area contributed by atoms with Crippen molar-refractivity contribution in [2.45, 2.75) is 36.1 Å². The minimum absolute atomic E-state index is 0.172. The Labute approximate surface area is 193 Å². The van der Waals surface area contributed by atoms with Crippen LogP contribution in [0.15, 0.2) is 52.5 Å². The van der Waals surface area contributed by atoms with Crippen molar-refractivity contribution in [2.75, 3.05) is 9.44 Å². The standard InChI is InChI=1S/2C9H10N2O3S2/c2*1-6-7(2)10-14-9(6)11-16(12,13)8-4-3-5-15-8/h2*3-5,11H,1-2H3. The van der Waals surface area contributed by atoms with E-state index in [4.69, 9.17) is 9.05 Å². The molecule has 14 heteroatoms. The second kappa shape index (κ2) is 9.44. The Morgan fingerprint density at radius 3 is 1.34 bits per heavy atom. The minimum Gasteiger partial charge on any atom is -0.337 e. The number of aryl methyl sites for hydroxylation is 2. The van der Waals surface area contributed by atoms with Gasteiger partial charge in [0.1, 0.15) is 8.42 Å². The molecule has 10 nitrogen and oxygen atoms in total. The molecule has 0 aliphatic carbocycles. The van der Waals surface area contributed by atoms with E-state index < -0.39 is 20.0 Å². The highest BCUT2D eigenvalue weighted by Gasteiger charge is 2.20. The van der Waals surface area contributed by atoms with Crippen LogP contribution in [0.25, 0.3) is 0 Å². The summed E-state index contributed by atoms with van der Waals surface area (Å²) in [6.45, 7) is 7.00. The van der Waals surface area contributed by atoms with Crippen molar-refractivity contribution in [2.24, 2.45) is 0 Å². The van der Waals surface area contributed by atoms with Crippen molar-refractivity contribution in [3.05, 3.63) is 57.5 Å². The minimum atomic E-state index is -3.54. The maximum Gasteiger partial charge on any atom is 0.273 e. The SMILES string of the molecule is Cc1noc(NS(=O)(=O)c2cccs2)c1C.Cc1noc(NS(=O)(=O)c2cccs2)c1C. The van der Waals surface area contributed by atoms with Crippen LogP contribution in [-0.4, -0.2) is 27.1 Å². The summed E-state index contributed by atoms with van der Waals surface area (Å²) in [5, 5.41) is 10.8. The van der Waals surface area contributed by atoms with Crippen molar-refractivity contribution in [1.29, 1.82) is 0 Å². The summed E-state index contributed by atoms with van der Waals surface area (Å²) in [5.41, 5.74) is 2.73. The molecule has 0 aromatic carbocycles. The first-order valence-electron chi connectivity index (χ1n) is 8.99. The highest BCUT2D eigenvalue weighted by Crippen LogP contribution is 2.24. The molecule has 0 amide bonds. The third-order valence-corrected chi connectivity index (χ3v) is 9.75. The van der Waals surface area contributed by atoms with Crippen LogP contribution in [0.4, 0.5) is 11.8 Å². The Morgan fingerprint density at radius 1 is 0.719 bits per heavy atom. The first-order chi connectivity index (χ1) is 15.0. The maximum atomic E-state index is 11.8. The lowest BCUT2D eigenvalue weighted by Gasteiger charge is -2.02. The molecule has 4 aromatic heterocycles. The van der Waals surface area contributed by atoms with Crippen LogP contribution in [0.2, 0.25) is 0 Å². The van der Waals surface area contributed by atoms with Crippen LogP contribution < -0.4 is 9.44 Å². The molecule has 4 rings (SSSR count). The molecule has 0 radical (unpaired) electrons. The molecule has 4 aromatic rings. The predicted molar refractivity (Wildman–Crippen MR) is 122 cm³/mol. The second-order valence-electron chi connectivity index (χ2n) is 6.52. The van der Waals surface area contributed by atoms with Crippen molar-refractivity contribution < 1.29 is 25.9 Å². The summed E-state index contributed by atoms with van der Waals surface area (Å²) >= 11 is 2.30. The molecule has 0 saturated carbocycles. The first kappa shape index (κ1) is 24.0. The molecule has 2 N–H and O–H groups in total. The van der Waals surface area contributed by atoms with E-state index in [0.717, 1.165) is 22.7 Å². The number of anilines is 2. The number of hydrogen-bond acceptors (Lipinski definition) is 10. The monoisotopic (exact) mass is 516 g/mol. The van der Waals surface area contributed by atoms with E-state index in [1.165, 1.54) is 12.1 Å². The average molecular weight is 517 g/mol. The molecule has 4 heterocycles. The largest absolute Gasteiger partial charge is 0.337 e. The van der Waals surface area contributed by atoms with Gasteiger partial charge in [-0.05, 0) is 50.6 Å². The van der Waals surface area contributed by atoms with Crippen LogP contribution in [-0.2, 0) is 20.0 Å². The van der Waals surface area contributed by atoms with Gasteiger partial charge in [-0.2, -0.15) is 0 Å². The zero-order valence-electron chi connectivity index (χ0n) is 17.4. The molecule has 0 saturated heterocycles. The number of hydrogen-bond donors (Lipinski definition) is 2. The number of aromatic nitrogens is 2. The number of nitrogens with zero attached hydrogens (tertiary/aromatic N) is 2. The van der Waals surface area contributed by atoms with Gasteiger partial charge in [0.2, 0.25) is 11.8 Å². The average Bonchev–Trinajstić information content (AvgIpc) is 3.53. The number of sulfonamides is 2. The summed E-state index contributed by atoms with van der Waals surface area (Å²) in [6.07, 6.45) is 0. The van der Waals surface area contributed by atoms with Gasteiger partial charge in [-0.3, -0.25) is 0 Å². The van der Waals surface area contributed by atoms with Crippen molar-refractivity contribution in [3.63, 3.8) is 0 Å². The molecule has 0 unspecified atom stereocenters. The van der Waals surface area contributed by atoms with Crippen LogP contribution in [0.1, 0.15) is 22.5 Å². The Bertz CT molecular complexity index is 1280. The summed E-state index contributed by atoms with van der Waals surface area (Å²) in [6, 6.07) is 6.42. The quantitative estimate of drug-likeness (QED) is 0.386. The maximum absolute atomic E-state index is 11.8. The van der Waals surface area contributed by atoms with E-state index in [2.05, 4.69) is 19.8 Å². The van der Waals surface area contributed by atoms with E-state index in [1.807, 2.05) is 0 Å². The zero-order chi connectivity index (χ0) is 23.5. The summed E-state index contributed by atoms with van der Waals surface area (Å²) in [7, 11) is -7.09. The molecule has 0 aliphatic rings. The Hall–Kier alpha value is -2.68. The Balaban J connectivity index is 0.000000181. The van der Waals surface area contributed by atoms with Gasteiger partial charge in [0.05, 0.1) is 11.4 Å². The van der Waals surface area contributed by atoms with E-state index in [1.54, 1.807) is 50.6 Å². The number of thiophene rings is 2. The molecule has 172 valence electrons. The normalized spacial score (nSPS) is 11.6. The lowest BCUT2D eigenvalue weighted by atomic mass is 10.3. The van der Waals surface area contributed by atoms with Gasteiger partial charge in [0.25, 0.3) is 20.0 Å². The zero-order valence-corrected chi connectivity index (χ0v) is 20.7. The van der Waals surface area contributed by atoms with Crippen LogP contribution in [0.3, 0.4) is 0 Å². The van der Waals surface area contributed by atoms with Crippen LogP contribution in [0.5, 0.6) is 0 Å². The van der Waals surface area contributed by atoms with Gasteiger partial charge in [0.15, 0.2) is 0 Å². The molecule has 0 spiro atoms. The summed E-state index contributed by atoms with van der Waals surface area (Å²) in [4.78, 5) is 0. The Morgan fingerprint density at radius 2 is 1.09 bits per heavy atom. The highest BCUT2D eigenvalue weighted by molar-refractivity contribution is 7.95. The van der Waals surface area contributed by atoms with Gasteiger partial charge in [-0.15, -0.1) is 22.7 Å². The van der Waals surface area contributed by atoms with Crippen LogP contribution >= 0.6 is 22.7 Å². The van der Waals surface area contributed by atoms with Gasteiger partial charge in [-0.25, -0.2) is 26.3 Å². The number of nitrogens with one attached hydrogen (secondary N) is 2. The molecule has 0 aliphatic heterocycles. The van der Waals surface area contributed by atoms with Crippen molar-refractivity contribution in [1.82, 2.24) is 10.3 Å². The topological polar surface area (TPSA) is 144 Å². The molecular formula is C18H20N4O6S4. The lowest BCUT2D eigenvalue weighted by Crippen LogP contribution is -2.11. The van der Waals surface area contributed by atoms with E-state index >= 15 is 0 Å². The van der Waals surface area contributed by atoms with Gasteiger partial charge >= 0.3 is 0 Å². The summed E-state index contributed by atoms with van der Waals surface area (Å²) < 4.78 is 62.4. The van der Waals surface area contributed by atoms with Crippen LogP contribution in [0, 0.1) is 27.7 Å². The van der Waals surface area contributed by atoms with E-state index in [-0.39, 0.29) is 20.2 Å². The molecule has 0 bridgehead atoms. The fourth-order valence-electron chi connectivity index (χ4n) is 2.20. The second-order valence-corrected chi connectivity index (χ2v) is 12.2. The van der Waals surface area contributed by atoms with E-state index in [0.29, 0.717) is 22.5 Å². The van der Waals surface area contributed by atoms with Gasteiger partial charge in [0, 0.05) is 11.1 Å². The highest BCUT2D eigenvalue weighted by atomic mass is 32.3. The number of rotatable bonds is 6. The molecule has 0 atom stereocenters. The van der Waals surface area contributed by atoms with E-state index in [9.17, 15) is 16.8 Å². The van der Waals surface area contributed by atoms with Gasteiger partial charge in [-0.1, -0.05) is 22.4 Å². The Kier molecular flexibility index (Phi) is 7.07. The fourth-order valence-corrected chi connectivity index (χ4v) is 6.28. The third kappa shape index (κ3) is 5.38. The van der Waals surface area contributed by atoms with Crippen molar-refractivity contribution >= 4 is 54.5 Å². The molecule has 32 heavy (non-hydrogen) atoms. The summed E-state index contributed by atoms with van der Waals surface area (Å²) in [5.74, 6) is 0.344. The fraction of sp³-hybridized carbons (Fsp3) is 0.222. The van der Waals surface area contributed by atoms with Crippen molar-refractivity contribution in [3.8, 4) is 0 Å². The molecular weight excluding hydrogens is 496 g/mol. The first-order valence-corrected chi connectivity index (χ1v) is 13.7. The lowest BCUT2D eigenvalue weighted by molar-refractivity contribution is 0.430. The molecule has 0 fully saturated rings.